The van der Waals surface area contributed by atoms with Crippen molar-refractivity contribution in [3.8, 4) is 17.0 Å². The van der Waals surface area contributed by atoms with Crippen molar-refractivity contribution in [2.24, 2.45) is 0 Å². The molecule has 2 nitrogen and oxygen atoms in total. The zero-order valence-corrected chi connectivity index (χ0v) is 14.9. The van der Waals surface area contributed by atoms with E-state index in [4.69, 9.17) is 4.74 Å². The Morgan fingerprint density at radius 2 is 1.96 bits per heavy atom. The van der Waals surface area contributed by atoms with Crippen molar-refractivity contribution in [2.45, 2.75) is 25.8 Å². The molecule has 0 bridgehead atoms. The first-order chi connectivity index (χ1) is 11.3. The van der Waals surface area contributed by atoms with Crippen LogP contribution in [0.4, 0.5) is 0 Å². The number of ether oxygens (including phenoxy) is 1. The lowest BCUT2D eigenvalue weighted by Crippen LogP contribution is -2.08. The van der Waals surface area contributed by atoms with E-state index in [1.807, 2.05) is 0 Å². The highest BCUT2D eigenvalue weighted by Gasteiger charge is 2.22. The molecule has 4 rings (SSSR count). The Balaban J connectivity index is 2.00. The highest BCUT2D eigenvalue weighted by molar-refractivity contribution is 9.09. The first-order valence-corrected chi connectivity index (χ1v) is 9.29. The normalized spacial score (nSPS) is 13.5. The lowest BCUT2D eigenvalue weighted by atomic mass is 10.0. The summed E-state index contributed by atoms with van der Waals surface area (Å²) in [6.45, 7) is 1.11. The third-order valence-corrected chi connectivity index (χ3v) is 5.20. The number of hydrogen-bond donors (Lipinski definition) is 0. The molecule has 0 spiro atoms. The minimum atomic E-state index is 0.909. The molecule has 0 aliphatic carbocycles. The largest absolute Gasteiger partial charge is 0.497 e. The van der Waals surface area contributed by atoms with Gasteiger partial charge in [-0.15, -0.1) is 0 Å². The van der Waals surface area contributed by atoms with Gasteiger partial charge in [-0.05, 0) is 60.2 Å². The number of alkyl halides is 1. The number of benzene rings is 2. The van der Waals surface area contributed by atoms with Crippen LogP contribution in [0.15, 0.2) is 42.5 Å². The van der Waals surface area contributed by atoms with Gasteiger partial charge in [-0.3, -0.25) is 0 Å². The number of methoxy groups -OCH3 is 1. The molecule has 0 amide bonds. The van der Waals surface area contributed by atoms with Gasteiger partial charge >= 0.3 is 0 Å². The van der Waals surface area contributed by atoms with Gasteiger partial charge in [0.2, 0.25) is 0 Å². The molecule has 118 valence electrons. The number of nitrogens with zero attached hydrogens (tertiary/aromatic N) is 1. The molecule has 0 saturated heterocycles. The van der Waals surface area contributed by atoms with Crippen LogP contribution in [0.25, 0.3) is 22.2 Å². The van der Waals surface area contributed by atoms with Gasteiger partial charge in [0.15, 0.2) is 0 Å². The maximum Gasteiger partial charge on any atom is 0.118 e. The van der Waals surface area contributed by atoms with Crippen LogP contribution in [0.3, 0.4) is 0 Å². The summed E-state index contributed by atoms with van der Waals surface area (Å²) >= 11 is 3.64. The van der Waals surface area contributed by atoms with Crippen LogP contribution < -0.4 is 4.74 Å². The SMILES string of the molecule is COc1ccc(-c2c(CCBr)c3cccc4c3n2CCC4)cc1. The Kier molecular flexibility index (Phi) is 3.90. The van der Waals surface area contributed by atoms with E-state index in [0.29, 0.717) is 0 Å². The van der Waals surface area contributed by atoms with E-state index >= 15 is 0 Å². The molecule has 0 saturated carbocycles. The van der Waals surface area contributed by atoms with Crippen LogP contribution in [-0.4, -0.2) is 17.0 Å². The number of aromatic nitrogens is 1. The van der Waals surface area contributed by atoms with Crippen molar-refractivity contribution in [1.82, 2.24) is 4.57 Å². The molecule has 0 radical (unpaired) electrons. The summed E-state index contributed by atoms with van der Waals surface area (Å²) in [4.78, 5) is 0. The summed E-state index contributed by atoms with van der Waals surface area (Å²) in [7, 11) is 1.72. The Morgan fingerprint density at radius 1 is 1.13 bits per heavy atom. The fourth-order valence-electron chi connectivity index (χ4n) is 3.84. The van der Waals surface area contributed by atoms with Crippen molar-refractivity contribution in [3.05, 3.63) is 53.6 Å². The summed E-state index contributed by atoms with van der Waals surface area (Å²) in [6, 6.07) is 15.3. The molecule has 0 unspecified atom stereocenters. The van der Waals surface area contributed by atoms with Crippen molar-refractivity contribution >= 4 is 26.8 Å². The molecule has 3 heteroatoms. The van der Waals surface area contributed by atoms with Gasteiger partial charge in [-0.25, -0.2) is 0 Å². The van der Waals surface area contributed by atoms with Crippen molar-refractivity contribution < 1.29 is 4.74 Å². The lowest BCUT2D eigenvalue weighted by molar-refractivity contribution is 0.415. The molecule has 0 N–H and O–H groups in total. The number of rotatable bonds is 4. The predicted octanol–water partition coefficient (Wildman–Crippen LogP) is 5.20. The standard InChI is InChI=1S/C20H20BrNO/c1-23-16-9-7-15(8-10-16)20-18(11-12-21)17-6-2-4-14-5-3-13-22(20)19(14)17/h2,4,6-10H,3,5,11-13H2,1H3. The average Bonchev–Trinajstić information content (AvgIpc) is 2.92. The van der Waals surface area contributed by atoms with E-state index in [9.17, 15) is 0 Å². The zero-order valence-electron chi connectivity index (χ0n) is 13.3. The van der Waals surface area contributed by atoms with E-state index in [2.05, 4.69) is 63.0 Å². The molecule has 1 aromatic heterocycles. The number of aryl methyl sites for hydroxylation is 3. The quantitative estimate of drug-likeness (QED) is 0.576. The summed E-state index contributed by atoms with van der Waals surface area (Å²) in [5.41, 5.74) is 7.07. The van der Waals surface area contributed by atoms with Gasteiger partial charge in [0.1, 0.15) is 5.75 Å². The zero-order chi connectivity index (χ0) is 15.8. The van der Waals surface area contributed by atoms with Crippen molar-refractivity contribution in [1.29, 1.82) is 0 Å². The van der Waals surface area contributed by atoms with Crippen LogP contribution >= 0.6 is 15.9 Å². The fraction of sp³-hybridized carbons (Fsp3) is 0.300. The second-order valence-electron chi connectivity index (χ2n) is 6.06. The number of halogens is 1. The first-order valence-electron chi connectivity index (χ1n) is 8.17. The van der Waals surface area contributed by atoms with Gasteiger partial charge in [0.25, 0.3) is 0 Å². The number of para-hydroxylation sites is 1. The van der Waals surface area contributed by atoms with Gasteiger partial charge in [-0.2, -0.15) is 0 Å². The molecule has 1 aliphatic rings. The molecule has 2 heterocycles. The van der Waals surface area contributed by atoms with E-state index < -0.39 is 0 Å². The molecular formula is C20H20BrNO. The van der Waals surface area contributed by atoms with E-state index in [-0.39, 0.29) is 0 Å². The molecule has 2 aromatic carbocycles. The summed E-state index contributed by atoms with van der Waals surface area (Å²) in [6.07, 6.45) is 3.46. The van der Waals surface area contributed by atoms with Gasteiger partial charge in [0, 0.05) is 17.3 Å². The average molecular weight is 370 g/mol. The fourth-order valence-corrected chi connectivity index (χ4v) is 4.23. The van der Waals surface area contributed by atoms with Gasteiger partial charge < -0.3 is 9.30 Å². The van der Waals surface area contributed by atoms with Crippen molar-refractivity contribution in [2.75, 3.05) is 12.4 Å². The van der Waals surface area contributed by atoms with E-state index in [0.717, 1.165) is 24.0 Å². The number of hydrogen-bond acceptors (Lipinski definition) is 1. The van der Waals surface area contributed by atoms with E-state index in [1.54, 1.807) is 7.11 Å². The summed E-state index contributed by atoms with van der Waals surface area (Å²) in [5, 5.41) is 2.41. The van der Waals surface area contributed by atoms with Crippen molar-refractivity contribution in [3.63, 3.8) is 0 Å². The molecule has 0 fully saturated rings. The Hall–Kier alpha value is -1.74. The molecule has 1 aliphatic heterocycles. The van der Waals surface area contributed by atoms with Crippen LogP contribution in [0, 0.1) is 0 Å². The Bertz CT molecular complexity index is 848. The van der Waals surface area contributed by atoms with Crippen LogP contribution in [-0.2, 0) is 19.4 Å². The van der Waals surface area contributed by atoms with Gasteiger partial charge in [0.05, 0.1) is 18.3 Å². The van der Waals surface area contributed by atoms with Crippen LogP contribution in [0.5, 0.6) is 5.75 Å². The Labute approximate surface area is 145 Å². The maximum absolute atomic E-state index is 5.31. The van der Waals surface area contributed by atoms with Gasteiger partial charge in [-0.1, -0.05) is 34.1 Å². The third-order valence-electron chi connectivity index (χ3n) is 4.81. The highest BCUT2D eigenvalue weighted by atomic mass is 79.9. The third kappa shape index (κ3) is 2.38. The maximum atomic E-state index is 5.31. The Morgan fingerprint density at radius 3 is 2.70 bits per heavy atom. The van der Waals surface area contributed by atoms with E-state index in [1.165, 1.54) is 46.1 Å². The highest BCUT2D eigenvalue weighted by Crippen LogP contribution is 2.39. The second-order valence-corrected chi connectivity index (χ2v) is 6.86. The second kappa shape index (κ2) is 6.04. The topological polar surface area (TPSA) is 14.2 Å². The molecule has 0 atom stereocenters. The minimum Gasteiger partial charge on any atom is -0.497 e. The first kappa shape index (κ1) is 14.8. The predicted molar refractivity (Wildman–Crippen MR) is 99.7 cm³/mol. The van der Waals surface area contributed by atoms with Crippen LogP contribution in [0.2, 0.25) is 0 Å². The summed E-state index contributed by atoms with van der Waals surface area (Å²) < 4.78 is 7.85. The minimum absolute atomic E-state index is 0.909. The van der Waals surface area contributed by atoms with Crippen LogP contribution in [0.1, 0.15) is 17.5 Å². The lowest BCUT2D eigenvalue weighted by Gasteiger charge is -2.18. The monoisotopic (exact) mass is 369 g/mol. The molecular weight excluding hydrogens is 350 g/mol. The summed E-state index contributed by atoms with van der Waals surface area (Å²) in [5.74, 6) is 0.909. The smallest absolute Gasteiger partial charge is 0.118 e. The molecule has 3 aromatic rings. The molecule has 23 heavy (non-hydrogen) atoms.